The van der Waals surface area contributed by atoms with Crippen molar-refractivity contribution in [3.8, 4) is 0 Å². The summed E-state index contributed by atoms with van der Waals surface area (Å²) < 4.78 is 0. The molecule has 0 aliphatic rings. The Hall–Kier alpha value is -3.88. The molecule has 0 saturated carbocycles. The van der Waals surface area contributed by atoms with Crippen LogP contribution in [0.2, 0.25) is 0 Å². The maximum atomic E-state index is 9.49. The van der Waals surface area contributed by atoms with E-state index in [1.807, 2.05) is 182 Å². The van der Waals surface area contributed by atoms with E-state index in [0.717, 1.165) is 33.4 Å². The summed E-state index contributed by atoms with van der Waals surface area (Å²) in [6.45, 7) is 21.4. The van der Waals surface area contributed by atoms with Gasteiger partial charge in [-0.05, 0) is 116 Å². The third-order valence-corrected chi connectivity index (χ3v) is 8.88. The van der Waals surface area contributed by atoms with Crippen LogP contribution in [0.3, 0.4) is 0 Å². The molecule has 0 fully saturated rings. The molecule has 0 aromatic heterocycles. The van der Waals surface area contributed by atoms with Crippen molar-refractivity contribution in [1.82, 2.24) is 0 Å². The monoisotopic (exact) mass is 928 g/mol. The fourth-order valence-electron chi connectivity index (χ4n) is 5.08. The molecule has 0 saturated heterocycles. The summed E-state index contributed by atoms with van der Waals surface area (Å²) in [7, 11) is 0. The molecule has 6 aromatic carbocycles. The quantitative estimate of drug-likeness (QED) is 0.0926. The van der Waals surface area contributed by atoms with E-state index in [4.69, 9.17) is 0 Å². The van der Waals surface area contributed by atoms with Gasteiger partial charge >= 0.3 is 0 Å². The van der Waals surface area contributed by atoms with E-state index < -0.39 is 33.6 Å². The van der Waals surface area contributed by atoms with Crippen molar-refractivity contribution in [3.63, 3.8) is 0 Å². The van der Waals surface area contributed by atoms with Gasteiger partial charge in [-0.1, -0.05) is 182 Å². The van der Waals surface area contributed by atoms with Crippen molar-refractivity contribution >= 4 is 0 Å². The zero-order valence-corrected chi connectivity index (χ0v) is 40.9. The molecular weight excluding hydrogens is 856 g/mol. The van der Waals surface area contributed by atoms with Gasteiger partial charge in [0.25, 0.3) is 0 Å². The fraction of sp³-hybridized carbons (Fsp3) is 0.333. The van der Waals surface area contributed by atoms with Gasteiger partial charge in [0.1, 0.15) is 0 Å². The normalized spacial score (nSPS) is 11.1. The van der Waals surface area contributed by atoms with Crippen LogP contribution in [0.25, 0.3) is 0 Å². The minimum Gasteiger partial charge on any atom is -0.386 e. The van der Waals surface area contributed by atoms with E-state index in [0.29, 0.717) is 0 Å². The van der Waals surface area contributed by atoms with Crippen LogP contribution in [-0.4, -0.2) is 30.6 Å². The molecule has 0 aliphatic heterocycles. The van der Waals surface area contributed by atoms with Crippen LogP contribution in [0.15, 0.2) is 182 Å². The molecule has 0 heterocycles. The average molecular weight is 929 g/mol. The Kier molecular flexibility index (Phi) is 27.2. The van der Waals surface area contributed by atoms with E-state index in [-0.39, 0.29) is 34.1 Å². The Morgan fingerprint density at radius 2 is 0.274 bits per heavy atom. The third-order valence-electron chi connectivity index (χ3n) is 8.88. The number of aliphatic hydroxyl groups is 6. The van der Waals surface area contributed by atoms with Crippen LogP contribution in [0.4, 0.5) is 0 Å². The molecular formula is C54H72Fe2O6. The minimum absolute atomic E-state index is 0. The number of rotatable bonds is 6. The largest absolute Gasteiger partial charge is 0.386 e. The second-order valence-electron chi connectivity index (χ2n) is 17.6. The van der Waals surface area contributed by atoms with Crippen LogP contribution in [0.5, 0.6) is 0 Å². The Labute approximate surface area is 394 Å². The van der Waals surface area contributed by atoms with Crippen LogP contribution in [0, 0.1) is 0 Å². The third kappa shape index (κ3) is 26.6. The van der Waals surface area contributed by atoms with Gasteiger partial charge in [-0.15, -0.1) is 0 Å². The smallest absolute Gasteiger partial charge is 0.0840 e. The Bertz CT molecular complexity index is 1570. The zero-order valence-electron chi connectivity index (χ0n) is 38.7. The van der Waals surface area contributed by atoms with Gasteiger partial charge in [0.15, 0.2) is 0 Å². The van der Waals surface area contributed by atoms with Gasteiger partial charge in [0, 0.05) is 34.1 Å². The molecule has 0 spiro atoms. The van der Waals surface area contributed by atoms with Crippen molar-refractivity contribution < 1.29 is 64.8 Å². The maximum Gasteiger partial charge on any atom is 0.0840 e. The predicted molar refractivity (Wildman–Crippen MR) is 250 cm³/mol. The molecule has 8 heteroatoms. The topological polar surface area (TPSA) is 121 Å². The van der Waals surface area contributed by atoms with Crippen molar-refractivity contribution in [2.75, 3.05) is 0 Å². The number of benzene rings is 6. The molecule has 6 rings (SSSR count). The van der Waals surface area contributed by atoms with Crippen LogP contribution in [-0.2, 0) is 67.7 Å². The predicted octanol–water partition coefficient (Wildman–Crippen LogP) is 11.5. The van der Waals surface area contributed by atoms with E-state index in [9.17, 15) is 30.6 Å². The van der Waals surface area contributed by atoms with E-state index in [1.165, 1.54) is 0 Å². The Balaban J connectivity index is 0. The van der Waals surface area contributed by atoms with Gasteiger partial charge < -0.3 is 30.6 Å². The SMILES string of the molecule is CC(C)(O)c1ccccc1.CC(C)(O)c1ccccc1.CC(C)(O)c1ccccc1.CC(C)(O)c1ccccc1.CC(C)(O)c1ccccc1.CC(C)(O)c1ccccc1.[Fe].[Fe]. The minimum atomic E-state index is -0.707. The maximum absolute atomic E-state index is 9.49. The molecule has 0 unspecified atom stereocenters. The van der Waals surface area contributed by atoms with Crippen molar-refractivity contribution in [1.29, 1.82) is 0 Å². The summed E-state index contributed by atoms with van der Waals surface area (Å²) in [5.41, 5.74) is 1.48. The van der Waals surface area contributed by atoms with Crippen molar-refractivity contribution in [3.05, 3.63) is 215 Å². The second-order valence-corrected chi connectivity index (χ2v) is 17.6. The van der Waals surface area contributed by atoms with E-state index in [1.54, 1.807) is 83.1 Å². The molecule has 0 amide bonds. The fourth-order valence-corrected chi connectivity index (χ4v) is 5.08. The first-order valence-electron chi connectivity index (χ1n) is 20.3. The summed E-state index contributed by atoms with van der Waals surface area (Å²) in [4.78, 5) is 0. The van der Waals surface area contributed by atoms with Crippen molar-refractivity contribution in [2.45, 2.75) is 117 Å². The summed E-state index contributed by atoms with van der Waals surface area (Å²) in [5, 5.41) is 56.9. The zero-order chi connectivity index (χ0) is 45.7. The molecule has 0 radical (unpaired) electrons. The molecule has 6 N–H and O–H groups in total. The summed E-state index contributed by atoms with van der Waals surface area (Å²) in [6, 6.07) is 57.7. The average Bonchev–Trinajstić information content (AvgIpc) is 3.19. The first-order chi connectivity index (χ1) is 27.6. The second kappa shape index (κ2) is 28.0. The molecule has 6 aromatic rings. The van der Waals surface area contributed by atoms with Crippen LogP contribution in [0.1, 0.15) is 116 Å². The first kappa shape index (κ1) is 60.2. The van der Waals surface area contributed by atoms with E-state index in [2.05, 4.69) is 0 Å². The van der Waals surface area contributed by atoms with Crippen molar-refractivity contribution in [2.24, 2.45) is 0 Å². The molecule has 0 aliphatic carbocycles. The van der Waals surface area contributed by atoms with Gasteiger partial charge in [0.2, 0.25) is 0 Å². The summed E-state index contributed by atoms with van der Waals surface area (Å²) >= 11 is 0. The number of hydrogen-bond acceptors (Lipinski definition) is 6. The van der Waals surface area contributed by atoms with Crippen LogP contribution < -0.4 is 0 Å². The molecule has 0 atom stereocenters. The molecule has 6 nitrogen and oxygen atoms in total. The van der Waals surface area contributed by atoms with Gasteiger partial charge in [-0.2, -0.15) is 0 Å². The number of hydrogen-bond donors (Lipinski definition) is 6. The van der Waals surface area contributed by atoms with Crippen LogP contribution >= 0.6 is 0 Å². The Morgan fingerprint density at radius 1 is 0.194 bits per heavy atom. The Morgan fingerprint density at radius 3 is 0.323 bits per heavy atom. The summed E-state index contributed by atoms with van der Waals surface area (Å²) in [5.74, 6) is 0. The molecule has 340 valence electrons. The summed E-state index contributed by atoms with van der Waals surface area (Å²) in [6.07, 6.45) is 0. The first-order valence-corrected chi connectivity index (χ1v) is 20.3. The van der Waals surface area contributed by atoms with E-state index >= 15 is 0 Å². The van der Waals surface area contributed by atoms with Gasteiger partial charge in [-0.3, -0.25) is 0 Å². The molecule has 0 bridgehead atoms. The van der Waals surface area contributed by atoms with Gasteiger partial charge in [0.05, 0.1) is 33.6 Å². The standard InChI is InChI=1S/6C9H12O.2Fe/c6*1-9(2,10)8-6-4-3-5-7-8;;/h6*3-7,10H,1-2H3;;. The van der Waals surface area contributed by atoms with Gasteiger partial charge in [-0.25, -0.2) is 0 Å². The molecule has 62 heavy (non-hydrogen) atoms.